The molecule has 122 valence electrons. The fraction of sp³-hybridized carbons (Fsp3) is 0.611. The minimum Gasteiger partial charge on any atom is -0.372 e. The van der Waals surface area contributed by atoms with Gasteiger partial charge in [-0.1, -0.05) is 12.7 Å². The van der Waals surface area contributed by atoms with Gasteiger partial charge in [-0.2, -0.15) is 0 Å². The Labute approximate surface area is 133 Å². The summed E-state index contributed by atoms with van der Waals surface area (Å²) in [4.78, 5) is 6.72. The lowest BCUT2D eigenvalue weighted by atomic mass is 9.94. The van der Waals surface area contributed by atoms with Crippen LogP contribution in [0.4, 0.5) is 4.39 Å². The summed E-state index contributed by atoms with van der Waals surface area (Å²) < 4.78 is 13.0. The Kier molecular flexibility index (Phi) is 5.95. The molecule has 1 saturated heterocycles. The molecule has 1 saturated carbocycles. The van der Waals surface area contributed by atoms with E-state index in [0.717, 1.165) is 25.3 Å². The number of halogens is 1. The second kappa shape index (κ2) is 7.73. The van der Waals surface area contributed by atoms with Crippen LogP contribution < -0.4 is 5.32 Å². The molecule has 0 aromatic carbocycles. The molecule has 0 aromatic heterocycles. The molecule has 0 amide bonds. The van der Waals surface area contributed by atoms with Crippen LogP contribution in [0.5, 0.6) is 0 Å². The quantitative estimate of drug-likeness (QED) is 0.601. The lowest BCUT2D eigenvalue weighted by Gasteiger charge is -2.36. The molecule has 2 aliphatic rings. The molecule has 1 aliphatic carbocycles. The number of hydrogen-bond acceptors (Lipinski definition) is 3. The summed E-state index contributed by atoms with van der Waals surface area (Å²) in [6.07, 6.45) is 6.33. The molecule has 1 N–H and O–H groups in total. The average Bonchev–Trinajstić information content (AvgIpc) is 3.36. The third kappa shape index (κ3) is 3.86. The standard InChI is InChI=1S/C18H28FN3/c1-5-17(15-7-8-15)18(13(3)20-6-2)14(4)22-10-9-21-16(11-19)12-22/h5-6,15-16,21H,2,7-12H2,1,3-4H3/b17-5-,18-14-,20-13?. The summed E-state index contributed by atoms with van der Waals surface area (Å²) in [6, 6.07) is -0.0726. The molecule has 4 heteroatoms. The predicted octanol–water partition coefficient (Wildman–Crippen LogP) is 3.46. The van der Waals surface area contributed by atoms with Crippen LogP contribution in [0, 0.1) is 5.92 Å². The SMILES string of the molecule is C=CN=C(C)C(/C(=C\C)C1CC1)=C(\C)N1CCNC(CF)C1. The van der Waals surface area contributed by atoms with Gasteiger partial charge in [-0.25, -0.2) is 4.39 Å². The Morgan fingerprint density at radius 1 is 1.41 bits per heavy atom. The largest absolute Gasteiger partial charge is 0.372 e. The Morgan fingerprint density at radius 3 is 2.68 bits per heavy atom. The average molecular weight is 305 g/mol. The normalized spacial score (nSPS) is 25.1. The van der Waals surface area contributed by atoms with E-state index in [1.54, 1.807) is 6.20 Å². The van der Waals surface area contributed by atoms with Gasteiger partial charge in [0.25, 0.3) is 0 Å². The Balaban J connectivity index is 2.36. The number of aliphatic imine (C=N–C) groups is 1. The van der Waals surface area contributed by atoms with Crippen molar-refractivity contribution in [3.05, 3.63) is 35.7 Å². The first-order valence-electron chi connectivity index (χ1n) is 8.19. The van der Waals surface area contributed by atoms with E-state index < -0.39 is 0 Å². The maximum Gasteiger partial charge on any atom is 0.106 e. The highest BCUT2D eigenvalue weighted by Crippen LogP contribution is 2.41. The second-order valence-electron chi connectivity index (χ2n) is 6.13. The Morgan fingerprint density at radius 2 is 2.14 bits per heavy atom. The third-order valence-electron chi connectivity index (χ3n) is 4.54. The van der Waals surface area contributed by atoms with Gasteiger partial charge in [0.05, 0.1) is 6.04 Å². The first-order valence-corrected chi connectivity index (χ1v) is 8.19. The molecular weight excluding hydrogens is 277 g/mol. The molecule has 3 nitrogen and oxygen atoms in total. The lowest BCUT2D eigenvalue weighted by Crippen LogP contribution is -2.51. The summed E-state index contributed by atoms with van der Waals surface area (Å²) in [5, 5.41) is 3.22. The van der Waals surface area contributed by atoms with Gasteiger partial charge in [0, 0.05) is 42.8 Å². The van der Waals surface area contributed by atoms with Crippen LogP contribution in [-0.4, -0.2) is 43.0 Å². The van der Waals surface area contributed by atoms with Gasteiger partial charge in [0.2, 0.25) is 0 Å². The number of nitrogens with one attached hydrogen (secondary N) is 1. The Hall–Kier alpha value is -1.42. The molecule has 2 rings (SSSR count). The fourth-order valence-corrected chi connectivity index (χ4v) is 3.25. The van der Waals surface area contributed by atoms with E-state index in [1.165, 1.54) is 29.7 Å². The van der Waals surface area contributed by atoms with Gasteiger partial charge in [0.1, 0.15) is 6.67 Å². The van der Waals surface area contributed by atoms with Gasteiger partial charge in [-0.3, -0.25) is 4.99 Å². The van der Waals surface area contributed by atoms with Gasteiger partial charge in [-0.05, 0) is 45.1 Å². The molecule has 1 heterocycles. The molecular formula is C18H28FN3. The van der Waals surface area contributed by atoms with Crippen molar-refractivity contribution >= 4 is 5.71 Å². The van der Waals surface area contributed by atoms with Crippen LogP contribution in [-0.2, 0) is 0 Å². The van der Waals surface area contributed by atoms with E-state index in [4.69, 9.17) is 0 Å². The van der Waals surface area contributed by atoms with E-state index in [-0.39, 0.29) is 12.7 Å². The minimum atomic E-state index is -0.321. The molecule has 1 aliphatic heterocycles. The van der Waals surface area contributed by atoms with Crippen LogP contribution in [0.1, 0.15) is 33.6 Å². The Bertz CT molecular complexity index is 500. The lowest BCUT2D eigenvalue weighted by molar-refractivity contribution is 0.218. The topological polar surface area (TPSA) is 27.6 Å². The number of rotatable bonds is 6. The minimum absolute atomic E-state index is 0.0726. The molecule has 22 heavy (non-hydrogen) atoms. The van der Waals surface area contributed by atoms with E-state index in [9.17, 15) is 4.39 Å². The van der Waals surface area contributed by atoms with Crippen LogP contribution in [0.2, 0.25) is 0 Å². The summed E-state index contributed by atoms with van der Waals surface area (Å²) in [7, 11) is 0. The molecule has 2 fully saturated rings. The van der Waals surface area contributed by atoms with Crippen molar-refractivity contribution < 1.29 is 4.39 Å². The zero-order valence-corrected chi connectivity index (χ0v) is 14.0. The monoisotopic (exact) mass is 305 g/mol. The van der Waals surface area contributed by atoms with E-state index in [1.807, 2.05) is 6.92 Å². The van der Waals surface area contributed by atoms with Crippen molar-refractivity contribution in [3.8, 4) is 0 Å². The van der Waals surface area contributed by atoms with Gasteiger partial charge in [0.15, 0.2) is 0 Å². The van der Waals surface area contributed by atoms with Crippen LogP contribution in [0.15, 0.2) is 40.7 Å². The molecule has 1 unspecified atom stereocenters. The van der Waals surface area contributed by atoms with Crippen molar-refractivity contribution in [2.24, 2.45) is 10.9 Å². The molecule has 1 atom stereocenters. The van der Waals surface area contributed by atoms with E-state index in [0.29, 0.717) is 5.92 Å². The molecule has 0 bridgehead atoms. The second-order valence-corrected chi connectivity index (χ2v) is 6.13. The van der Waals surface area contributed by atoms with Crippen molar-refractivity contribution in [2.75, 3.05) is 26.3 Å². The predicted molar refractivity (Wildman–Crippen MR) is 91.8 cm³/mol. The van der Waals surface area contributed by atoms with Crippen LogP contribution in [0.3, 0.4) is 0 Å². The van der Waals surface area contributed by atoms with Crippen molar-refractivity contribution in [2.45, 2.75) is 39.7 Å². The highest BCUT2D eigenvalue weighted by molar-refractivity contribution is 6.03. The highest BCUT2D eigenvalue weighted by Gasteiger charge is 2.31. The number of alkyl halides is 1. The van der Waals surface area contributed by atoms with Crippen molar-refractivity contribution in [3.63, 3.8) is 0 Å². The summed E-state index contributed by atoms with van der Waals surface area (Å²) in [6.45, 7) is 12.1. The molecule has 0 aromatic rings. The maximum atomic E-state index is 13.0. The van der Waals surface area contributed by atoms with Crippen molar-refractivity contribution in [1.82, 2.24) is 10.2 Å². The maximum absolute atomic E-state index is 13.0. The summed E-state index contributed by atoms with van der Waals surface area (Å²) in [5.41, 5.74) is 4.83. The number of nitrogens with zero attached hydrogens (tertiary/aromatic N) is 2. The van der Waals surface area contributed by atoms with Crippen LogP contribution >= 0.6 is 0 Å². The number of hydrogen-bond donors (Lipinski definition) is 1. The summed E-state index contributed by atoms with van der Waals surface area (Å²) >= 11 is 0. The zero-order valence-electron chi connectivity index (χ0n) is 14.0. The zero-order chi connectivity index (χ0) is 16.1. The van der Waals surface area contributed by atoms with Gasteiger partial charge in [-0.15, -0.1) is 0 Å². The first kappa shape index (κ1) is 16.9. The van der Waals surface area contributed by atoms with Crippen molar-refractivity contribution in [1.29, 1.82) is 0 Å². The number of allylic oxidation sites excluding steroid dienone is 4. The van der Waals surface area contributed by atoms with Crippen LogP contribution in [0.25, 0.3) is 0 Å². The molecule has 0 spiro atoms. The number of piperazine rings is 1. The third-order valence-corrected chi connectivity index (χ3v) is 4.54. The van der Waals surface area contributed by atoms with Gasteiger partial charge >= 0.3 is 0 Å². The highest BCUT2D eigenvalue weighted by atomic mass is 19.1. The summed E-state index contributed by atoms with van der Waals surface area (Å²) in [5.74, 6) is 0.657. The fourth-order valence-electron chi connectivity index (χ4n) is 3.25. The smallest absolute Gasteiger partial charge is 0.106 e. The van der Waals surface area contributed by atoms with Gasteiger partial charge < -0.3 is 10.2 Å². The van der Waals surface area contributed by atoms with E-state index >= 15 is 0 Å². The molecule has 0 radical (unpaired) electrons. The first-order chi connectivity index (χ1) is 10.6. The van der Waals surface area contributed by atoms with E-state index in [2.05, 4.69) is 41.7 Å².